The van der Waals surface area contributed by atoms with E-state index in [1.165, 1.54) is 17.1 Å². The number of rotatable bonds is 3. The Labute approximate surface area is 123 Å². The number of amides is 1. The SMILES string of the molecule is NC(=O)c1cn([C@H]2O[C@@H](CO)[C@@H](O)[C@@H]2O)c2ncnc(N)c12. The highest BCUT2D eigenvalue weighted by atomic mass is 16.6. The predicted molar refractivity (Wildman–Crippen MR) is 73.5 cm³/mol. The van der Waals surface area contributed by atoms with Gasteiger partial charge < -0.3 is 36.1 Å². The van der Waals surface area contributed by atoms with Crippen LogP contribution in [0, 0.1) is 0 Å². The van der Waals surface area contributed by atoms with Crippen LogP contribution in [-0.4, -0.2) is 60.7 Å². The topological polar surface area (TPSA) is 170 Å². The fraction of sp³-hybridized carbons (Fsp3) is 0.417. The molecule has 0 aliphatic carbocycles. The minimum atomic E-state index is -1.32. The van der Waals surface area contributed by atoms with Crippen molar-refractivity contribution in [3.05, 3.63) is 18.1 Å². The Bertz CT molecular complexity index is 732. The van der Waals surface area contributed by atoms with Crippen molar-refractivity contribution in [3.8, 4) is 0 Å². The lowest BCUT2D eigenvalue weighted by molar-refractivity contribution is -0.0508. The van der Waals surface area contributed by atoms with Gasteiger partial charge in [-0.25, -0.2) is 9.97 Å². The molecule has 2 aromatic rings. The van der Waals surface area contributed by atoms with Crippen molar-refractivity contribution in [2.75, 3.05) is 12.3 Å². The summed E-state index contributed by atoms with van der Waals surface area (Å²) in [5.74, 6) is -0.679. The Morgan fingerprint density at radius 1 is 1.36 bits per heavy atom. The number of carbonyl (C=O) groups excluding carboxylic acids is 1. The molecule has 0 aromatic carbocycles. The smallest absolute Gasteiger partial charge is 0.251 e. The third-order valence-electron chi connectivity index (χ3n) is 3.70. The number of aromatic nitrogens is 3. The van der Waals surface area contributed by atoms with Crippen LogP contribution in [-0.2, 0) is 4.74 Å². The molecule has 1 aliphatic heterocycles. The van der Waals surface area contributed by atoms with Gasteiger partial charge in [-0.1, -0.05) is 0 Å². The number of aliphatic hydroxyl groups is 3. The molecular formula is C12H15N5O5. The van der Waals surface area contributed by atoms with E-state index in [4.69, 9.17) is 21.3 Å². The highest BCUT2D eigenvalue weighted by Crippen LogP contribution is 2.34. The molecule has 10 nitrogen and oxygen atoms in total. The average Bonchev–Trinajstić information content (AvgIpc) is 3.00. The van der Waals surface area contributed by atoms with Crippen molar-refractivity contribution in [2.24, 2.45) is 5.73 Å². The summed E-state index contributed by atoms with van der Waals surface area (Å²) in [5, 5.41) is 29.3. The molecule has 7 N–H and O–H groups in total. The summed E-state index contributed by atoms with van der Waals surface area (Å²) in [4.78, 5) is 19.4. The van der Waals surface area contributed by atoms with Gasteiger partial charge in [-0.15, -0.1) is 0 Å². The molecule has 0 radical (unpaired) electrons. The van der Waals surface area contributed by atoms with Gasteiger partial charge in [0.1, 0.15) is 36.1 Å². The Hall–Kier alpha value is -2.27. The van der Waals surface area contributed by atoms with Crippen LogP contribution in [0.3, 0.4) is 0 Å². The summed E-state index contributed by atoms with van der Waals surface area (Å²) in [5.41, 5.74) is 11.4. The van der Waals surface area contributed by atoms with Gasteiger partial charge in [0.15, 0.2) is 6.23 Å². The molecule has 0 bridgehead atoms. The maximum atomic E-state index is 11.6. The van der Waals surface area contributed by atoms with Gasteiger partial charge in [-0.2, -0.15) is 0 Å². The number of aliphatic hydroxyl groups excluding tert-OH is 3. The second kappa shape index (κ2) is 5.18. The minimum absolute atomic E-state index is 0.0595. The van der Waals surface area contributed by atoms with E-state index in [2.05, 4.69) is 9.97 Å². The summed E-state index contributed by atoms with van der Waals surface area (Å²) >= 11 is 0. The number of nitrogen functional groups attached to an aromatic ring is 1. The third-order valence-corrected chi connectivity index (χ3v) is 3.70. The molecule has 3 rings (SSSR count). The second-order valence-corrected chi connectivity index (χ2v) is 5.00. The quantitative estimate of drug-likeness (QED) is 0.422. The number of hydrogen-bond donors (Lipinski definition) is 5. The Morgan fingerprint density at radius 3 is 2.68 bits per heavy atom. The largest absolute Gasteiger partial charge is 0.394 e. The van der Waals surface area contributed by atoms with Gasteiger partial charge in [0.2, 0.25) is 0 Å². The number of fused-ring (bicyclic) bond motifs is 1. The number of carbonyl (C=O) groups is 1. The fourth-order valence-electron chi connectivity index (χ4n) is 2.60. The lowest BCUT2D eigenvalue weighted by Gasteiger charge is -2.17. The monoisotopic (exact) mass is 309 g/mol. The predicted octanol–water partition coefficient (Wildman–Crippen LogP) is -2.28. The fourth-order valence-corrected chi connectivity index (χ4v) is 2.60. The molecule has 3 heterocycles. The number of anilines is 1. The molecule has 10 heteroatoms. The molecule has 0 unspecified atom stereocenters. The van der Waals surface area contributed by atoms with E-state index in [9.17, 15) is 15.0 Å². The number of ether oxygens (including phenoxy) is 1. The molecule has 1 aliphatic rings. The second-order valence-electron chi connectivity index (χ2n) is 5.00. The van der Waals surface area contributed by atoms with Crippen LogP contribution in [0.1, 0.15) is 16.6 Å². The molecule has 1 saturated heterocycles. The molecule has 0 saturated carbocycles. The van der Waals surface area contributed by atoms with Crippen LogP contribution < -0.4 is 11.5 Å². The first-order valence-corrected chi connectivity index (χ1v) is 6.49. The van der Waals surface area contributed by atoms with E-state index in [0.29, 0.717) is 0 Å². The Balaban J connectivity index is 2.16. The molecule has 0 spiro atoms. The van der Waals surface area contributed by atoms with E-state index in [-0.39, 0.29) is 22.4 Å². The lowest BCUT2D eigenvalue weighted by atomic mass is 10.1. The molecule has 1 amide bonds. The van der Waals surface area contributed by atoms with Gasteiger partial charge in [0.05, 0.1) is 17.6 Å². The molecule has 22 heavy (non-hydrogen) atoms. The molecule has 4 atom stereocenters. The van der Waals surface area contributed by atoms with Gasteiger partial charge in [0.25, 0.3) is 5.91 Å². The molecule has 118 valence electrons. The first-order valence-electron chi connectivity index (χ1n) is 6.49. The van der Waals surface area contributed by atoms with Gasteiger partial charge in [0, 0.05) is 6.20 Å². The zero-order valence-electron chi connectivity index (χ0n) is 11.3. The highest BCUT2D eigenvalue weighted by Gasteiger charge is 2.44. The van der Waals surface area contributed by atoms with Crippen LogP contribution >= 0.6 is 0 Å². The Kier molecular flexibility index (Phi) is 3.45. The van der Waals surface area contributed by atoms with Crippen molar-refractivity contribution in [1.29, 1.82) is 0 Å². The van der Waals surface area contributed by atoms with E-state index in [1.807, 2.05) is 0 Å². The molecule has 2 aromatic heterocycles. The summed E-state index contributed by atoms with van der Waals surface area (Å²) in [7, 11) is 0. The molecular weight excluding hydrogens is 294 g/mol. The van der Waals surface area contributed by atoms with Crippen LogP contribution in [0.5, 0.6) is 0 Å². The third kappa shape index (κ3) is 2.01. The van der Waals surface area contributed by atoms with E-state index in [1.54, 1.807) is 0 Å². The standard InChI is InChI=1S/C12H15N5O5/c13-9-6-4(10(14)21)1-17(11(6)16-3-15-9)12-8(20)7(19)5(2-18)22-12/h1,3,5,7-8,12,18-20H,2H2,(H2,14,21)(H2,13,15,16)/t5-,7+,8-,12-/m0/s1. The van der Waals surface area contributed by atoms with Crippen LogP contribution in [0.4, 0.5) is 5.82 Å². The van der Waals surface area contributed by atoms with E-state index in [0.717, 1.165) is 0 Å². The van der Waals surface area contributed by atoms with Gasteiger partial charge in [-0.05, 0) is 0 Å². The summed E-state index contributed by atoms with van der Waals surface area (Å²) in [6.07, 6.45) is -2.06. The van der Waals surface area contributed by atoms with Crippen LogP contribution in [0.15, 0.2) is 12.5 Å². The summed E-state index contributed by atoms with van der Waals surface area (Å²) < 4.78 is 6.77. The van der Waals surface area contributed by atoms with Crippen LogP contribution in [0.2, 0.25) is 0 Å². The van der Waals surface area contributed by atoms with Gasteiger partial charge >= 0.3 is 0 Å². The summed E-state index contributed by atoms with van der Waals surface area (Å²) in [6, 6.07) is 0. The van der Waals surface area contributed by atoms with Crippen LogP contribution in [0.25, 0.3) is 11.0 Å². The number of nitrogens with zero attached hydrogens (tertiary/aromatic N) is 3. The maximum Gasteiger partial charge on any atom is 0.251 e. The number of nitrogens with two attached hydrogens (primary N) is 2. The lowest BCUT2D eigenvalue weighted by Crippen LogP contribution is -2.33. The average molecular weight is 309 g/mol. The van der Waals surface area contributed by atoms with Crippen molar-refractivity contribution >= 4 is 22.8 Å². The zero-order valence-corrected chi connectivity index (χ0v) is 11.3. The van der Waals surface area contributed by atoms with E-state index < -0.39 is 37.1 Å². The minimum Gasteiger partial charge on any atom is -0.394 e. The summed E-state index contributed by atoms with van der Waals surface area (Å²) in [6.45, 7) is -0.465. The van der Waals surface area contributed by atoms with Crippen molar-refractivity contribution < 1.29 is 24.9 Å². The Morgan fingerprint density at radius 2 is 2.09 bits per heavy atom. The first kappa shape index (κ1) is 14.7. The normalized spacial score (nSPS) is 28.3. The molecule has 1 fully saturated rings. The zero-order chi connectivity index (χ0) is 16.0. The van der Waals surface area contributed by atoms with Crippen molar-refractivity contribution in [3.63, 3.8) is 0 Å². The first-order chi connectivity index (χ1) is 10.5. The van der Waals surface area contributed by atoms with Gasteiger partial charge in [-0.3, -0.25) is 4.79 Å². The van der Waals surface area contributed by atoms with Crippen molar-refractivity contribution in [2.45, 2.75) is 24.5 Å². The van der Waals surface area contributed by atoms with Crippen molar-refractivity contribution in [1.82, 2.24) is 14.5 Å². The number of hydrogen-bond acceptors (Lipinski definition) is 8. The maximum absolute atomic E-state index is 11.6. The van der Waals surface area contributed by atoms with E-state index >= 15 is 0 Å². The number of primary amides is 1. The highest BCUT2D eigenvalue weighted by molar-refractivity contribution is 6.08.